The topological polar surface area (TPSA) is 40.5 Å². The maximum Gasteiger partial charge on any atom is 0.257 e. The third kappa shape index (κ3) is 1.84. The highest BCUT2D eigenvalue weighted by Crippen LogP contribution is 2.38. The minimum atomic E-state index is -1.33. The highest BCUT2D eigenvalue weighted by Gasteiger charge is 2.47. The molecule has 2 aromatic carbocycles. The maximum absolute atomic E-state index is 12.4. The van der Waals surface area contributed by atoms with E-state index in [1.807, 2.05) is 60.7 Å². The normalized spacial score (nSPS) is 22.4. The first-order valence-corrected chi connectivity index (χ1v) is 6.47. The summed E-state index contributed by atoms with van der Waals surface area (Å²) in [5.74, 6) is -0.234. The number of aliphatic hydroxyl groups is 1. The van der Waals surface area contributed by atoms with Gasteiger partial charge >= 0.3 is 0 Å². The number of carbonyl (C=O) groups is 1. The summed E-state index contributed by atoms with van der Waals surface area (Å²) in [6.45, 7) is 3.99. The number of carbonyl (C=O) groups excluding carboxylic acids is 1. The van der Waals surface area contributed by atoms with Crippen LogP contribution in [0.4, 0.5) is 5.69 Å². The van der Waals surface area contributed by atoms with Gasteiger partial charge in [0.1, 0.15) is 5.60 Å². The van der Waals surface area contributed by atoms with Crippen LogP contribution in [0.25, 0.3) is 0 Å². The first-order chi connectivity index (χ1) is 9.63. The van der Waals surface area contributed by atoms with Crippen molar-refractivity contribution < 1.29 is 9.90 Å². The lowest BCUT2D eigenvalue weighted by Crippen LogP contribution is -2.31. The predicted octanol–water partition coefficient (Wildman–Crippen LogP) is 2.48. The Morgan fingerprint density at radius 1 is 1.00 bits per heavy atom. The molecule has 1 atom stereocenters. The summed E-state index contributed by atoms with van der Waals surface area (Å²) < 4.78 is 0. The van der Waals surface area contributed by atoms with Gasteiger partial charge in [-0.3, -0.25) is 4.79 Å². The quantitative estimate of drug-likeness (QED) is 0.847. The van der Waals surface area contributed by atoms with Crippen molar-refractivity contribution in [2.75, 3.05) is 11.4 Å². The van der Waals surface area contributed by atoms with Gasteiger partial charge in [0.25, 0.3) is 5.91 Å². The van der Waals surface area contributed by atoms with E-state index in [9.17, 15) is 9.90 Å². The minimum absolute atomic E-state index is 0.193. The highest BCUT2D eigenvalue weighted by atomic mass is 16.3. The fourth-order valence-electron chi connectivity index (χ4n) is 2.53. The van der Waals surface area contributed by atoms with Crippen molar-refractivity contribution in [2.24, 2.45) is 0 Å². The molecule has 20 heavy (non-hydrogen) atoms. The van der Waals surface area contributed by atoms with E-state index in [-0.39, 0.29) is 18.0 Å². The molecule has 0 radical (unpaired) electrons. The lowest BCUT2D eigenvalue weighted by Gasteiger charge is -2.23. The van der Waals surface area contributed by atoms with E-state index in [2.05, 4.69) is 6.58 Å². The molecular weight excluding hydrogens is 250 g/mol. The number of nitrogens with zero attached hydrogens (tertiary/aromatic N) is 1. The SMILES string of the molecule is C=C1C(=O)N(c2ccccc2)CC1(O)c1ccccc1. The van der Waals surface area contributed by atoms with E-state index in [1.165, 1.54) is 0 Å². The van der Waals surface area contributed by atoms with Gasteiger partial charge < -0.3 is 10.0 Å². The van der Waals surface area contributed by atoms with Crippen molar-refractivity contribution in [1.82, 2.24) is 0 Å². The van der Waals surface area contributed by atoms with Gasteiger partial charge in [-0.15, -0.1) is 0 Å². The molecule has 0 bridgehead atoms. The average molecular weight is 265 g/mol. The Bertz CT molecular complexity index is 651. The first kappa shape index (κ1) is 12.6. The number of anilines is 1. The number of rotatable bonds is 2. The molecule has 3 nitrogen and oxygen atoms in total. The smallest absolute Gasteiger partial charge is 0.257 e. The number of benzene rings is 2. The molecule has 1 unspecified atom stereocenters. The molecule has 2 aromatic rings. The van der Waals surface area contributed by atoms with Crippen LogP contribution >= 0.6 is 0 Å². The molecule has 1 fully saturated rings. The van der Waals surface area contributed by atoms with E-state index < -0.39 is 5.60 Å². The molecule has 0 saturated carbocycles. The number of para-hydroxylation sites is 1. The zero-order valence-electron chi connectivity index (χ0n) is 11.0. The summed E-state index contributed by atoms with van der Waals surface area (Å²) in [6, 6.07) is 18.5. The van der Waals surface area contributed by atoms with E-state index in [0.717, 1.165) is 5.69 Å². The summed E-state index contributed by atoms with van der Waals surface area (Å²) in [6.07, 6.45) is 0. The minimum Gasteiger partial charge on any atom is -0.378 e. The molecule has 1 saturated heterocycles. The van der Waals surface area contributed by atoms with Crippen molar-refractivity contribution >= 4 is 11.6 Å². The predicted molar refractivity (Wildman–Crippen MR) is 78.3 cm³/mol. The Hall–Kier alpha value is -2.39. The van der Waals surface area contributed by atoms with Crippen LogP contribution in [0.15, 0.2) is 72.8 Å². The zero-order chi connectivity index (χ0) is 14.2. The van der Waals surface area contributed by atoms with E-state index in [0.29, 0.717) is 5.56 Å². The van der Waals surface area contributed by atoms with Crippen molar-refractivity contribution in [3.8, 4) is 0 Å². The zero-order valence-corrected chi connectivity index (χ0v) is 11.0. The van der Waals surface area contributed by atoms with Crippen LogP contribution in [0, 0.1) is 0 Å². The molecule has 0 spiro atoms. The summed E-state index contributed by atoms with van der Waals surface area (Å²) in [7, 11) is 0. The number of amides is 1. The second-order valence-electron chi connectivity index (χ2n) is 4.93. The van der Waals surface area contributed by atoms with Crippen LogP contribution in [0.1, 0.15) is 5.56 Å². The lowest BCUT2D eigenvalue weighted by atomic mass is 9.89. The van der Waals surface area contributed by atoms with Gasteiger partial charge in [0, 0.05) is 11.3 Å². The number of hydrogen-bond donors (Lipinski definition) is 1. The number of hydrogen-bond acceptors (Lipinski definition) is 2. The van der Waals surface area contributed by atoms with E-state index in [4.69, 9.17) is 0 Å². The highest BCUT2D eigenvalue weighted by molar-refractivity contribution is 6.09. The molecular formula is C17H15NO2. The van der Waals surface area contributed by atoms with Gasteiger partial charge in [0.2, 0.25) is 0 Å². The van der Waals surface area contributed by atoms with Crippen LogP contribution < -0.4 is 4.90 Å². The molecule has 100 valence electrons. The molecule has 1 heterocycles. The van der Waals surface area contributed by atoms with Gasteiger partial charge in [-0.1, -0.05) is 55.1 Å². The molecule has 3 heteroatoms. The Kier molecular flexibility index (Phi) is 2.92. The lowest BCUT2D eigenvalue weighted by molar-refractivity contribution is -0.114. The standard InChI is InChI=1S/C17H15NO2/c1-13-16(19)18(15-10-6-3-7-11-15)12-17(13,20)14-8-4-2-5-9-14/h2-11,20H,1,12H2. The first-order valence-electron chi connectivity index (χ1n) is 6.47. The monoisotopic (exact) mass is 265 g/mol. The summed E-state index contributed by atoms with van der Waals surface area (Å²) in [4.78, 5) is 13.9. The Labute approximate surface area is 117 Å². The van der Waals surface area contributed by atoms with Crippen molar-refractivity contribution in [2.45, 2.75) is 5.60 Å². The van der Waals surface area contributed by atoms with Gasteiger partial charge in [-0.05, 0) is 17.7 Å². The van der Waals surface area contributed by atoms with Gasteiger partial charge in [-0.25, -0.2) is 0 Å². The largest absolute Gasteiger partial charge is 0.378 e. The van der Waals surface area contributed by atoms with Crippen LogP contribution in [0.5, 0.6) is 0 Å². The van der Waals surface area contributed by atoms with Gasteiger partial charge in [0.15, 0.2) is 0 Å². The second kappa shape index (κ2) is 4.62. The second-order valence-corrected chi connectivity index (χ2v) is 4.93. The molecule has 1 amide bonds. The fourth-order valence-corrected chi connectivity index (χ4v) is 2.53. The molecule has 1 aliphatic rings. The molecule has 3 rings (SSSR count). The van der Waals surface area contributed by atoms with E-state index >= 15 is 0 Å². The molecule has 1 N–H and O–H groups in total. The Morgan fingerprint density at radius 2 is 1.55 bits per heavy atom. The van der Waals surface area contributed by atoms with Gasteiger partial charge in [0.05, 0.1) is 6.54 Å². The third-order valence-electron chi connectivity index (χ3n) is 3.71. The van der Waals surface area contributed by atoms with Crippen LogP contribution in [0.3, 0.4) is 0 Å². The Balaban J connectivity index is 2.01. The van der Waals surface area contributed by atoms with Crippen LogP contribution in [0.2, 0.25) is 0 Å². The summed E-state index contributed by atoms with van der Waals surface area (Å²) in [5, 5.41) is 10.9. The summed E-state index contributed by atoms with van der Waals surface area (Å²) in [5.41, 5.74) is 0.351. The number of β-amino-alcohol motifs (C(OH)–C–C–N with tert-alkyl or cyclic N) is 1. The van der Waals surface area contributed by atoms with Crippen LogP contribution in [-0.2, 0) is 10.4 Å². The third-order valence-corrected chi connectivity index (χ3v) is 3.71. The summed E-state index contributed by atoms with van der Waals surface area (Å²) >= 11 is 0. The molecule has 0 aliphatic carbocycles. The Morgan fingerprint density at radius 3 is 2.15 bits per heavy atom. The molecule has 1 aliphatic heterocycles. The van der Waals surface area contributed by atoms with Crippen LogP contribution in [-0.4, -0.2) is 17.6 Å². The average Bonchev–Trinajstić information content (AvgIpc) is 2.75. The van der Waals surface area contributed by atoms with Crippen molar-refractivity contribution in [3.05, 3.63) is 78.4 Å². The maximum atomic E-state index is 12.4. The van der Waals surface area contributed by atoms with E-state index in [1.54, 1.807) is 4.90 Å². The van der Waals surface area contributed by atoms with Crippen molar-refractivity contribution in [3.63, 3.8) is 0 Å². The molecule has 0 aromatic heterocycles. The van der Waals surface area contributed by atoms with Gasteiger partial charge in [-0.2, -0.15) is 0 Å². The fraction of sp³-hybridized carbons (Fsp3) is 0.118. The van der Waals surface area contributed by atoms with Crippen molar-refractivity contribution in [1.29, 1.82) is 0 Å².